The molecule has 150 valence electrons. The third-order valence-corrected chi connectivity index (χ3v) is 5.57. The zero-order valence-corrected chi connectivity index (χ0v) is 16.6. The number of piperidine rings is 1. The number of rotatable bonds is 4. The highest BCUT2D eigenvalue weighted by Gasteiger charge is 2.27. The molecular weight excluding hydrogens is 356 g/mol. The number of nitrogens with zero attached hydrogens (tertiary/aromatic N) is 3. The molecule has 0 spiro atoms. The fraction of sp³-hybridized carbons (Fsp3) is 0.571. The van der Waals surface area contributed by atoms with Crippen LogP contribution in [0, 0.1) is 19.8 Å². The predicted molar refractivity (Wildman–Crippen MR) is 108 cm³/mol. The Balaban J connectivity index is 1.34. The Morgan fingerprint density at radius 3 is 2.79 bits per heavy atom. The van der Waals surface area contributed by atoms with Crippen molar-refractivity contribution < 1.29 is 14.3 Å². The minimum atomic E-state index is -0.0320. The van der Waals surface area contributed by atoms with Crippen LogP contribution in [-0.2, 0) is 14.3 Å². The number of benzene rings is 1. The van der Waals surface area contributed by atoms with E-state index in [1.165, 1.54) is 5.56 Å². The quantitative estimate of drug-likeness (QED) is 0.869. The van der Waals surface area contributed by atoms with Gasteiger partial charge in [-0.2, -0.15) is 0 Å². The highest BCUT2D eigenvalue weighted by Crippen LogP contribution is 2.24. The predicted octanol–water partition coefficient (Wildman–Crippen LogP) is 1.99. The van der Waals surface area contributed by atoms with Crippen molar-refractivity contribution in [1.82, 2.24) is 15.3 Å². The van der Waals surface area contributed by atoms with Gasteiger partial charge in [-0.3, -0.25) is 4.79 Å². The Labute approximate surface area is 165 Å². The third kappa shape index (κ3) is 4.25. The molecule has 0 aliphatic carbocycles. The highest BCUT2D eigenvalue weighted by atomic mass is 16.6. The van der Waals surface area contributed by atoms with Gasteiger partial charge in [0.25, 0.3) is 0 Å². The van der Waals surface area contributed by atoms with Gasteiger partial charge >= 0.3 is 0 Å². The minimum Gasteiger partial charge on any atom is -0.376 e. The number of carbonyl (C=O) groups is 1. The largest absolute Gasteiger partial charge is 0.376 e. The molecule has 7 nitrogen and oxygen atoms in total. The van der Waals surface area contributed by atoms with E-state index in [9.17, 15) is 4.79 Å². The smallest absolute Gasteiger partial charge is 0.226 e. The van der Waals surface area contributed by atoms with Crippen molar-refractivity contribution in [2.75, 3.05) is 44.4 Å². The Kier molecular flexibility index (Phi) is 5.73. The molecule has 2 aliphatic heterocycles. The molecular formula is C21H28N4O3. The number of nitrogens with one attached hydrogen (secondary N) is 1. The molecule has 1 N–H and O–H groups in total. The maximum atomic E-state index is 12.5. The fourth-order valence-electron chi connectivity index (χ4n) is 3.88. The van der Waals surface area contributed by atoms with E-state index in [1.807, 2.05) is 6.92 Å². The zero-order chi connectivity index (χ0) is 19.5. The van der Waals surface area contributed by atoms with Gasteiger partial charge in [-0.05, 0) is 38.8 Å². The number of carbonyl (C=O) groups excluding carboxylic acids is 1. The lowest BCUT2D eigenvalue weighted by Crippen LogP contribution is -2.45. The highest BCUT2D eigenvalue weighted by molar-refractivity contribution is 5.82. The topological polar surface area (TPSA) is 76.6 Å². The van der Waals surface area contributed by atoms with Gasteiger partial charge in [0.15, 0.2) is 0 Å². The standard InChI is InChI=1S/C21H28N4O3/c1-14-3-4-19-18(11-14)15(2)23-21(24-19)25-7-5-16(6-8-25)20(26)22-12-17-13-27-9-10-28-17/h3-4,11,16-17H,5-10,12-13H2,1-2H3,(H,22,26)/t17-/m1/s1. The van der Waals surface area contributed by atoms with Crippen molar-refractivity contribution in [2.24, 2.45) is 5.92 Å². The molecule has 1 aromatic heterocycles. The Morgan fingerprint density at radius 1 is 1.21 bits per heavy atom. The van der Waals surface area contributed by atoms with Crippen LogP contribution in [0.25, 0.3) is 10.9 Å². The molecule has 7 heteroatoms. The number of anilines is 1. The van der Waals surface area contributed by atoms with Gasteiger partial charge in [-0.1, -0.05) is 11.6 Å². The fourth-order valence-corrected chi connectivity index (χ4v) is 3.88. The molecule has 2 saturated heterocycles. The van der Waals surface area contributed by atoms with Gasteiger partial charge in [-0.15, -0.1) is 0 Å². The average Bonchev–Trinajstić information content (AvgIpc) is 2.73. The van der Waals surface area contributed by atoms with Crippen LogP contribution in [0.15, 0.2) is 18.2 Å². The van der Waals surface area contributed by atoms with Gasteiger partial charge in [0.1, 0.15) is 0 Å². The number of amides is 1. The van der Waals surface area contributed by atoms with Crippen molar-refractivity contribution in [3.8, 4) is 0 Å². The first-order valence-electron chi connectivity index (χ1n) is 10.1. The van der Waals surface area contributed by atoms with Crippen LogP contribution in [0.3, 0.4) is 0 Å². The van der Waals surface area contributed by atoms with Crippen LogP contribution >= 0.6 is 0 Å². The van der Waals surface area contributed by atoms with E-state index in [0.29, 0.717) is 26.4 Å². The molecule has 0 radical (unpaired) electrons. The van der Waals surface area contributed by atoms with E-state index in [-0.39, 0.29) is 17.9 Å². The van der Waals surface area contributed by atoms with Crippen molar-refractivity contribution >= 4 is 22.8 Å². The van der Waals surface area contributed by atoms with Crippen molar-refractivity contribution in [1.29, 1.82) is 0 Å². The van der Waals surface area contributed by atoms with Gasteiger partial charge in [0.2, 0.25) is 11.9 Å². The molecule has 0 bridgehead atoms. The summed E-state index contributed by atoms with van der Waals surface area (Å²) in [6, 6.07) is 6.27. The molecule has 2 fully saturated rings. The normalized spacial score (nSPS) is 21.1. The molecule has 1 atom stereocenters. The number of aromatic nitrogens is 2. The minimum absolute atomic E-state index is 0.0320. The average molecular weight is 384 g/mol. The maximum absolute atomic E-state index is 12.5. The van der Waals surface area contributed by atoms with Crippen LogP contribution in [0.4, 0.5) is 5.95 Å². The Bertz CT molecular complexity index is 843. The second kappa shape index (κ2) is 8.41. The summed E-state index contributed by atoms with van der Waals surface area (Å²) in [5.41, 5.74) is 3.19. The second-order valence-electron chi connectivity index (χ2n) is 7.70. The summed E-state index contributed by atoms with van der Waals surface area (Å²) in [7, 11) is 0. The van der Waals surface area contributed by atoms with Crippen LogP contribution < -0.4 is 10.2 Å². The molecule has 28 heavy (non-hydrogen) atoms. The first-order chi connectivity index (χ1) is 13.6. The molecule has 0 unspecified atom stereocenters. The van der Waals surface area contributed by atoms with Crippen LogP contribution in [0.1, 0.15) is 24.1 Å². The van der Waals surface area contributed by atoms with Crippen LogP contribution in [0.2, 0.25) is 0 Å². The number of hydrogen-bond donors (Lipinski definition) is 1. The Morgan fingerprint density at radius 2 is 2.04 bits per heavy atom. The summed E-state index contributed by atoms with van der Waals surface area (Å²) < 4.78 is 11.0. The third-order valence-electron chi connectivity index (χ3n) is 5.57. The van der Waals surface area contributed by atoms with E-state index in [4.69, 9.17) is 19.4 Å². The Hall–Kier alpha value is -2.25. The summed E-state index contributed by atoms with van der Waals surface area (Å²) in [4.78, 5) is 24.1. The first-order valence-corrected chi connectivity index (χ1v) is 10.1. The van der Waals surface area contributed by atoms with Gasteiger partial charge in [0.05, 0.1) is 37.1 Å². The summed E-state index contributed by atoms with van der Waals surface area (Å²) in [5, 5.41) is 4.13. The van der Waals surface area contributed by atoms with Crippen LogP contribution in [0.5, 0.6) is 0 Å². The second-order valence-corrected chi connectivity index (χ2v) is 7.70. The number of ether oxygens (including phenoxy) is 2. The van der Waals surface area contributed by atoms with E-state index >= 15 is 0 Å². The lowest BCUT2D eigenvalue weighted by Gasteiger charge is -2.32. The monoisotopic (exact) mass is 384 g/mol. The first kappa shape index (κ1) is 19.1. The molecule has 2 aliphatic rings. The molecule has 1 amide bonds. The molecule has 1 aromatic carbocycles. The summed E-state index contributed by atoms with van der Waals surface area (Å²) in [6.45, 7) is 8.00. The van der Waals surface area contributed by atoms with E-state index in [0.717, 1.165) is 48.5 Å². The number of hydrogen-bond acceptors (Lipinski definition) is 6. The molecule has 4 rings (SSSR count). The van der Waals surface area contributed by atoms with E-state index < -0.39 is 0 Å². The summed E-state index contributed by atoms with van der Waals surface area (Å²) in [6.07, 6.45) is 1.58. The van der Waals surface area contributed by atoms with E-state index in [2.05, 4.69) is 35.3 Å². The van der Waals surface area contributed by atoms with Crippen molar-refractivity contribution in [3.05, 3.63) is 29.5 Å². The zero-order valence-electron chi connectivity index (χ0n) is 16.6. The van der Waals surface area contributed by atoms with E-state index in [1.54, 1.807) is 0 Å². The van der Waals surface area contributed by atoms with Crippen LogP contribution in [-0.4, -0.2) is 61.4 Å². The SMILES string of the molecule is Cc1ccc2nc(N3CCC(C(=O)NC[C@@H]4COCCO4)CC3)nc(C)c2c1. The lowest BCUT2D eigenvalue weighted by molar-refractivity contribution is -0.128. The summed E-state index contributed by atoms with van der Waals surface area (Å²) >= 11 is 0. The van der Waals surface area contributed by atoms with Gasteiger partial charge in [0, 0.05) is 30.9 Å². The van der Waals surface area contributed by atoms with Gasteiger partial charge < -0.3 is 19.7 Å². The molecule has 3 heterocycles. The van der Waals surface area contributed by atoms with Gasteiger partial charge in [-0.25, -0.2) is 9.97 Å². The number of aryl methyl sites for hydroxylation is 2. The summed E-state index contributed by atoms with van der Waals surface area (Å²) in [5.74, 6) is 0.908. The molecule has 2 aromatic rings. The molecule has 0 saturated carbocycles. The van der Waals surface area contributed by atoms with Crippen molar-refractivity contribution in [2.45, 2.75) is 32.8 Å². The lowest BCUT2D eigenvalue weighted by atomic mass is 9.96. The number of fused-ring (bicyclic) bond motifs is 1. The van der Waals surface area contributed by atoms with Crippen molar-refractivity contribution in [3.63, 3.8) is 0 Å². The maximum Gasteiger partial charge on any atom is 0.226 e.